The third kappa shape index (κ3) is 4.20. The molecule has 0 spiro atoms. The Labute approximate surface area is 143 Å². The van der Waals surface area contributed by atoms with Crippen molar-refractivity contribution < 1.29 is 0 Å². The first-order valence-electron chi connectivity index (χ1n) is 7.92. The van der Waals surface area contributed by atoms with Crippen LogP contribution in [0.15, 0.2) is 11.4 Å². The second-order valence-corrected chi connectivity index (χ2v) is 14.2. The Morgan fingerprint density at radius 3 is 1.74 bits per heavy atom. The zero-order chi connectivity index (χ0) is 17.8. The molecule has 0 fully saturated rings. The molecule has 0 aromatic rings. The van der Waals surface area contributed by atoms with Gasteiger partial charge in [-0.1, -0.05) is 0 Å². The molecule has 1 rings (SSSR count). The van der Waals surface area contributed by atoms with Crippen LogP contribution in [0.25, 0.3) is 0 Å². The fraction of sp³-hybridized carbons (Fsp3) is 0.688. The molecule has 132 valence electrons. The van der Waals surface area contributed by atoms with Crippen LogP contribution in [-0.2, 0) is 0 Å². The van der Waals surface area contributed by atoms with Crippen molar-refractivity contribution in [1.29, 1.82) is 5.26 Å². The highest BCUT2D eigenvalue weighted by atomic mass is 31.2. The molecule has 0 saturated carbocycles. The number of nitriles is 1. The molecule has 0 aromatic heterocycles. The molecular weight excluding hydrogens is 324 g/mol. The zero-order valence-corrected chi connectivity index (χ0v) is 17.8. The van der Waals surface area contributed by atoms with Crippen LogP contribution >= 0.6 is 14.4 Å². The first-order valence-corrected chi connectivity index (χ1v) is 11.6. The molecule has 1 heterocycles. The van der Waals surface area contributed by atoms with E-state index in [-0.39, 0.29) is 0 Å². The van der Waals surface area contributed by atoms with Crippen LogP contribution in [0.4, 0.5) is 0 Å². The molecule has 0 radical (unpaired) electrons. The molecule has 0 atom stereocenters. The maximum atomic E-state index is 8.85. The average Bonchev–Trinajstić information content (AvgIpc) is 2.46. The third-order valence-electron chi connectivity index (χ3n) is 4.37. The number of allylic oxidation sites excluding steroid dienone is 1. The minimum atomic E-state index is -1.64. The second-order valence-electron chi connectivity index (χ2n) is 6.75. The van der Waals surface area contributed by atoms with Crippen molar-refractivity contribution in [2.45, 2.75) is 19.3 Å². The molecule has 0 N–H and O–H groups in total. The van der Waals surface area contributed by atoms with Gasteiger partial charge < -0.3 is 0 Å². The predicted molar refractivity (Wildman–Crippen MR) is 108 cm³/mol. The maximum absolute atomic E-state index is 8.85. The summed E-state index contributed by atoms with van der Waals surface area (Å²) in [6, 6.07) is 2.27. The summed E-state index contributed by atoms with van der Waals surface area (Å²) in [4.78, 5) is 0. The van der Waals surface area contributed by atoms with Crippen LogP contribution in [0.2, 0.25) is 0 Å². The van der Waals surface area contributed by atoms with E-state index in [0.717, 1.165) is 12.8 Å². The van der Waals surface area contributed by atoms with Gasteiger partial charge in [-0.15, -0.1) is 0 Å². The Kier molecular flexibility index (Phi) is 7.36. The quantitative estimate of drug-likeness (QED) is 0.517. The molecule has 5 nitrogen and oxygen atoms in total. The monoisotopic (exact) mass is 357 g/mol. The van der Waals surface area contributed by atoms with E-state index in [0.29, 0.717) is 6.42 Å². The normalized spacial score (nSPS) is 19.5. The maximum Gasteiger partial charge on any atom is 0.0621 e. The van der Waals surface area contributed by atoms with Crippen molar-refractivity contribution in [3.63, 3.8) is 0 Å². The Bertz CT molecular complexity index is 551. The van der Waals surface area contributed by atoms with Crippen molar-refractivity contribution in [2.24, 2.45) is 0 Å². The van der Waals surface area contributed by atoms with Crippen LogP contribution in [0.3, 0.4) is 0 Å². The van der Waals surface area contributed by atoms with Crippen LogP contribution in [0.1, 0.15) is 19.3 Å². The minimum absolute atomic E-state index is 0.625. The molecular formula is C16H33N5P2. The molecule has 0 aromatic carbocycles. The van der Waals surface area contributed by atoms with E-state index in [9.17, 15) is 0 Å². The molecule has 23 heavy (non-hydrogen) atoms. The van der Waals surface area contributed by atoms with Crippen LogP contribution in [0.5, 0.6) is 0 Å². The lowest BCUT2D eigenvalue weighted by Gasteiger charge is -2.46. The van der Waals surface area contributed by atoms with Gasteiger partial charge in [-0.2, -0.15) is 5.26 Å². The number of rotatable bonds is 7. The Morgan fingerprint density at radius 1 is 0.870 bits per heavy atom. The fourth-order valence-corrected chi connectivity index (χ4v) is 12.6. The molecule has 0 aliphatic carbocycles. The molecule has 1 aliphatic heterocycles. The summed E-state index contributed by atoms with van der Waals surface area (Å²) in [6.07, 6.45) is 2.54. The van der Waals surface area contributed by atoms with Crippen LogP contribution in [0, 0.1) is 11.3 Å². The largest absolute Gasteiger partial charge is 0.275 e. The van der Waals surface area contributed by atoms with E-state index in [2.05, 4.69) is 98.3 Å². The van der Waals surface area contributed by atoms with Gasteiger partial charge >= 0.3 is 0 Å². The summed E-state index contributed by atoms with van der Waals surface area (Å²) in [5, 5.41) is 8.85. The molecule has 0 amide bonds. The Hall–Kier alpha value is -0.330. The summed E-state index contributed by atoms with van der Waals surface area (Å²) in [5.41, 5.74) is 4.00. The van der Waals surface area contributed by atoms with Gasteiger partial charge in [0, 0.05) is 20.8 Å². The number of nitrogens with zero attached hydrogens (tertiary/aromatic N) is 5. The number of hydrogen-bond donors (Lipinski definition) is 0. The van der Waals surface area contributed by atoms with Gasteiger partial charge in [-0.25, -0.2) is 0 Å². The van der Waals surface area contributed by atoms with Crippen molar-refractivity contribution in [2.75, 3.05) is 56.4 Å². The summed E-state index contributed by atoms with van der Waals surface area (Å²) < 4.78 is 9.52. The molecule has 7 heteroatoms. The highest BCUT2D eigenvalue weighted by Crippen LogP contribution is 2.65. The molecule has 0 saturated heterocycles. The van der Waals surface area contributed by atoms with Gasteiger partial charge in [-0.3, -0.25) is 18.7 Å². The predicted octanol–water partition coefficient (Wildman–Crippen LogP) is 3.08. The molecule has 0 bridgehead atoms. The highest BCUT2D eigenvalue weighted by Gasteiger charge is 2.32. The summed E-state index contributed by atoms with van der Waals surface area (Å²) >= 11 is 0. The van der Waals surface area contributed by atoms with Crippen molar-refractivity contribution in [3.05, 3.63) is 11.4 Å². The third-order valence-corrected chi connectivity index (χ3v) is 13.6. The van der Waals surface area contributed by atoms with Gasteiger partial charge in [0.1, 0.15) is 0 Å². The number of hydrogen-bond acceptors (Lipinski definition) is 5. The van der Waals surface area contributed by atoms with Gasteiger partial charge in [0.05, 0.1) is 6.07 Å². The van der Waals surface area contributed by atoms with E-state index in [4.69, 9.17) is 5.26 Å². The lowest BCUT2D eigenvalue weighted by Crippen LogP contribution is -2.30. The van der Waals surface area contributed by atoms with Gasteiger partial charge in [-0.05, 0) is 91.9 Å². The van der Waals surface area contributed by atoms with Gasteiger partial charge in [0.15, 0.2) is 0 Å². The lowest BCUT2D eigenvalue weighted by atomic mass is 10.1. The van der Waals surface area contributed by atoms with Crippen LogP contribution < -0.4 is 0 Å². The second kappa shape index (κ2) is 8.17. The van der Waals surface area contributed by atoms with Gasteiger partial charge in [0.25, 0.3) is 0 Å². The first-order chi connectivity index (χ1) is 10.6. The van der Waals surface area contributed by atoms with Crippen molar-refractivity contribution in [1.82, 2.24) is 18.7 Å². The standard InChI is InChI=1S/C16H33N5P2/c1-18(2)22(19(3)4)13-16(11-9-10-12-17)14-23(15-22,20(5)6)21(7)8/h13-15H,9-11H2,1-8H3. The summed E-state index contributed by atoms with van der Waals surface area (Å²) in [6.45, 7) is 0. The minimum Gasteiger partial charge on any atom is -0.275 e. The SMILES string of the molecule is CN(C)P1(N(C)C)=CC(CCCC#N)=CP(N(C)C)(N(C)C)=C1. The van der Waals surface area contributed by atoms with Crippen molar-refractivity contribution in [3.8, 4) is 6.07 Å². The molecule has 1 aliphatic rings. The summed E-state index contributed by atoms with van der Waals surface area (Å²) in [7, 11) is 14.2. The van der Waals surface area contributed by atoms with E-state index in [1.165, 1.54) is 5.57 Å². The van der Waals surface area contributed by atoms with Crippen molar-refractivity contribution >= 4 is 25.7 Å². The van der Waals surface area contributed by atoms with E-state index in [1.54, 1.807) is 0 Å². The average molecular weight is 357 g/mol. The Balaban J connectivity index is 3.60. The fourth-order valence-electron chi connectivity index (χ4n) is 2.93. The van der Waals surface area contributed by atoms with Gasteiger partial charge in [0.2, 0.25) is 0 Å². The Morgan fingerprint density at radius 2 is 1.35 bits per heavy atom. The lowest BCUT2D eigenvalue weighted by molar-refractivity contribution is 0.574. The topological polar surface area (TPSA) is 36.8 Å². The van der Waals surface area contributed by atoms with Crippen LogP contribution in [-0.4, -0.2) is 86.4 Å². The molecule has 0 unspecified atom stereocenters. The smallest absolute Gasteiger partial charge is 0.0621 e. The highest BCUT2D eigenvalue weighted by molar-refractivity contribution is 7.98. The zero-order valence-electron chi connectivity index (χ0n) is 16.0. The van der Waals surface area contributed by atoms with E-state index < -0.39 is 14.4 Å². The summed E-state index contributed by atoms with van der Waals surface area (Å²) in [5.74, 6) is 4.94. The number of unbranched alkanes of at least 4 members (excludes halogenated alkanes) is 1. The van der Waals surface area contributed by atoms with E-state index in [1.807, 2.05) is 0 Å². The van der Waals surface area contributed by atoms with E-state index >= 15 is 0 Å². The first kappa shape index (κ1) is 20.7.